The predicted molar refractivity (Wildman–Crippen MR) is 121 cm³/mol. The van der Waals surface area contributed by atoms with Crippen molar-refractivity contribution >= 4 is 11.8 Å². The zero-order valence-corrected chi connectivity index (χ0v) is 17.8. The molecular formula is C26H26FN3O2. The summed E-state index contributed by atoms with van der Waals surface area (Å²) >= 11 is 0. The number of likely N-dealkylation sites (tertiary alicyclic amines) is 1. The third-order valence-electron chi connectivity index (χ3n) is 6.22. The third-order valence-corrected chi connectivity index (χ3v) is 6.22. The number of carbonyl (C=O) groups is 2. The van der Waals surface area contributed by atoms with E-state index >= 15 is 0 Å². The monoisotopic (exact) mass is 431 g/mol. The van der Waals surface area contributed by atoms with Crippen molar-refractivity contribution in [1.82, 2.24) is 9.88 Å². The molecule has 1 atom stereocenters. The van der Waals surface area contributed by atoms with E-state index in [1.54, 1.807) is 29.4 Å². The summed E-state index contributed by atoms with van der Waals surface area (Å²) in [7, 11) is 0. The van der Waals surface area contributed by atoms with E-state index < -0.39 is 11.3 Å². The molecule has 1 aliphatic rings. The lowest BCUT2D eigenvalue weighted by Crippen LogP contribution is -2.53. The fourth-order valence-electron chi connectivity index (χ4n) is 4.55. The first-order valence-corrected chi connectivity index (χ1v) is 10.8. The lowest BCUT2D eigenvalue weighted by atomic mass is 9.73. The molecule has 1 saturated heterocycles. The quantitative estimate of drug-likeness (QED) is 0.646. The van der Waals surface area contributed by atoms with Crippen molar-refractivity contribution in [2.24, 2.45) is 11.1 Å². The standard InChI is InChI=1S/C26H26FN3O2/c27-22-9-3-6-19(14-22)15-24(31)30-13-5-11-26(18-30,25(28)32)16-20-7-1-2-10-23(20)21-8-4-12-29-17-21/h1-4,6-10,12,14,17H,5,11,13,15-16,18H2,(H2,28,32). The van der Waals surface area contributed by atoms with Crippen molar-refractivity contribution in [1.29, 1.82) is 0 Å². The number of piperidine rings is 1. The van der Waals surface area contributed by atoms with Gasteiger partial charge in [0.15, 0.2) is 0 Å². The molecule has 2 N–H and O–H groups in total. The number of halogens is 1. The second-order valence-electron chi connectivity index (χ2n) is 8.45. The topological polar surface area (TPSA) is 76.3 Å². The number of carbonyl (C=O) groups excluding carboxylic acids is 2. The van der Waals surface area contributed by atoms with Crippen LogP contribution in [-0.4, -0.2) is 34.8 Å². The van der Waals surface area contributed by atoms with Gasteiger partial charge in [-0.15, -0.1) is 0 Å². The first-order chi connectivity index (χ1) is 15.5. The SMILES string of the molecule is NC(=O)C1(Cc2ccccc2-c2cccnc2)CCCN(C(=O)Cc2cccc(F)c2)C1. The largest absolute Gasteiger partial charge is 0.369 e. The minimum absolute atomic E-state index is 0.0961. The molecule has 0 aliphatic carbocycles. The Morgan fingerprint density at radius 1 is 1.09 bits per heavy atom. The highest BCUT2D eigenvalue weighted by atomic mass is 19.1. The van der Waals surface area contributed by atoms with Crippen LogP contribution in [0.2, 0.25) is 0 Å². The van der Waals surface area contributed by atoms with Gasteiger partial charge in [-0.1, -0.05) is 42.5 Å². The molecule has 0 bridgehead atoms. The van der Waals surface area contributed by atoms with Crippen molar-refractivity contribution in [3.63, 3.8) is 0 Å². The number of hydrogen-bond acceptors (Lipinski definition) is 3. The van der Waals surface area contributed by atoms with E-state index in [1.807, 2.05) is 36.4 Å². The zero-order chi connectivity index (χ0) is 22.6. The van der Waals surface area contributed by atoms with Crippen molar-refractivity contribution in [2.45, 2.75) is 25.7 Å². The number of aromatic nitrogens is 1. The van der Waals surface area contributed by atoms with Gasteiger partial charge in [0, 0.05) is 31.0 Å². The first kappa shape index (κ1) is 21.7. The van der Waals surface area contributed by atoms with Gasteiger partial charge in [0.2, 0.25) is 11.8 Å². The molecule has 2 aromatic carbocycles. The van der Waals surface area contributed by atoms with Crippen LogP contribution in [0.25, 0.3) is 11.1 Å². The van der Waals surface area contributed by atoms with Crippen LogP contribution in [0.4, 0.5) is 4.39 Å². The zero-order valence-electron chi connectivity index (χ0n) is 17.8. The number of rotatable bonds is 6. The number of pyridine rings is 1. The fourth-order valence-corrected chi connectivity index (χ4v) is 4.55. The first-order valence-electron chi connectivity index (χ1n) is 10.8. The van der Waals surface area contributed by atoms with Gasteiger partial charge in [0.25, 0.3) is 0 Å². The molecule has 1 aliphatic heterocycles. The Bertz CT molecular complexity index is 1120. The highest BCUT2D eigenvalue weighted by Crippen LogP contribution is 2.36. The Morgan fingerprint density at radius 2 is 1.94 bits per heavy atom. The van der Waals surface area contributed by atoms with Gasteiger partial charge >= 0.3 is 0 Å². The molecule has 2 heterocycles. The van der Waals surface area contributed by atoms with Gasteiger partial charge in [0.1, 0.15) is 5.82 Å². The highest BCUT2D eigenvalue weighted by Gasteiger charge is 2.42. The van der Waals surface area contributed by atoms with E-state index in [2.05, 4.69) is 4.98 Å². The van der Waals surface area contributed by atoms with Crippen molar-refractivity contribution in [3.05, 3.63) is 90.0 Å². The number of nitrogens with two attached hydrogens (primary N) is 1. The van der Waals surface area contributed by atoms with E-state index in [0.717, 1.165) is 16.7 Å². The number of benzene rings is 2. The van der Waals surface area contributed by atoms with Crippen LogP contribution in [-0.2, 0) is 22.4 Å². The molecule has 5 nitrogen and oxygen atoms in total. The number of hydrogen-bond donors (Lipinski definition) is 1. The molecular weight excluding hydrogens is 405 g/mol. The van der Waals surface area contributed by atoms with E-state index in [-0.39, 0.29) is 24.7 Å². The maximum Gasteiger partial charge on any atom is 0.227 e. The van der Waals surface area contributed by atoms with Gasteiger partial charge in [0.05, 0.1) is 11.8 Å². The summed E-state index contributed by atoms with van der Waals surface area (Å²) in [5.74, 6) is -0.893. The molecule has 0 radical (unpaired) electrons. The van der Waals surface area contributed by atoms with E-state index in [1.165, 1.54) is 12.1 Å². The number of nitrogens with zero attached hydrogens (tertiary/aromatic N) is 2. The van der Waals surface area contributed by atoms with Gasteiger partial charge in [-0.05, 0) is 54.2 Å². The maximum atomic E-state index is 13.5. The second kappa shape index (κ2) is 9.30. The smallest absolute Gasteiger partial charge is 0.227 e. The summed E-state index contributed by atoms with van der Waals surface area (Å²) in [4.78, 5) is 31.6. The Morgan fingerprint density at radius 3 is 2.69 bits per heavy atom. The average Bonchev–Trinajstić information content (AvgIpc) is 2.80. The van der Waals surface area contributed by atoms with Crippen LogP contribution >= 0.6 is 0 Å². The Labute approximate surface area is 187 Å². The predicted octanol–water partition coefficient (Wildman–Crippen LogP) is 3.77. The maximum absolute atomic E-state index is 13.5. The molecule has 1 fully saturated rings. The molecule has 0 saturated carbocycles. The summed E-state index contributed by atoms with van der Waals surface area (Å²) in [6, 6.07) is 17.8. The Hall–Kier alpha value is -3.54. The minimum atomic E-state index is -0.853. The molecule has 4 rings (SSSR count). The molecule has 32 heavy (non-hydrogen) atoms. The second-order valence-corrected chi connectivity index (χ2v) is 8.45. The lowest BCUT2D eigenvalue weighted by molar-refractivity contribution is -0.139. The third kappa shape index (κ3) is 4.69. The van der Waals surface area contributed by atoms with E-state index in [0.29, 0.717) is 31.4 Å². The highest BCUT2D eigenvalue weighted by molar-refractivity contribution is 5.84. The van der Waals surface area contributed by atoms with Crippen molar-refractivity contribution in [3.8, 4) is 11.1 Å². The molecule has 0 spiro atoms. The summed E-state index contributed by atoms with van der Waals surface area (Å²) in [6.45, 7) is 0.825. The van der Waals surface area contributed by atoms with Gasteiger partial charge < -0.3 is 10.6 Å². The summed E-state index contributed by atoms with van der Waals surface area (Å²) in [5, 5.41) is 0. The Kier molecular flexibility index (Phi) is 6.30. The van der Waals surface area contributed by atoms with Crippen LogP contribution in [0.3, 0.4) is 0 Å². The number of primary amides is 1. The fraction of sp³-hybridized carbons (Fsp3) is 0.269. The molecule has 2 amide bonds. The molecule has 3 aromatic rings. The normalized spacial score (nSPS) is 18.3. The van der Waals surface area contributed by atoms with Crippen LogP contribution in [0.5, 0.6) is 0 Å². The summed E-state index contributed by atoms with van der Waals surface area (Å²) in [5.41, 5.74) is 8.67. The van der Waals surface area contributed by atoms with Crippen LogP contribution in [0, 0.1) is 11.2 Å². The van der Waals surface area contributed by atoms with Gasteiger partial charge in [-0.25, -0.2) is 4.39 Å². The molecule has 164 valence electrons. The van der Waals surface area contributed by atoms with Gasteiger partial charge in [-0.2, -0.15) is 0 Å². The molecule has 1 aromatic heterocycles. The lowest BCUT2D eigenvalue weighted by Gasteiger charge is -2.41. The van der Waals surface area contributed by atoms with E-state index in [4.69, 9.17) is 5.73 Å². The number of amides is 2. The van der Waals surface area contributed by atoms with Crippen LogP contribution in [0.1, 0.15) is 24.0 Å². The summed E-state index contributed by atoms with van der Waals surface area (Å²) in [6.07, 6.45) is 5.36. The van der Waals surface area contributed by atoms with Gasteiger partial charge in [-0.3, -0.25) is 14.6 Å². The van der Waals surface area contributed by atoms with Crippen LogP contribution < -0.4 is 5.73 Å². The molecule has 1 unspecified atom stereocenters. The Balaban J connectivity index is 1.58. The van der Waals surface area contributed by atoms with Crippen molar-refractivity contribution < 1.29 is 14.0 Å². The van der Waals surface area contributed by atoms with Crippen LogP contribution in [0.15, 0.2) is 73.1 Å². The average molecular weight is 432 g/mol. The molecule has 6 heteroatoms. The van der Waals surface area contributed by atoms with Crippen molar-refractivity contribution in [2.75, 3.05) is 13.1 Å². The summed E-state index contributed by atoms with van der Waals surface area (Å²) < 4.78 is 13.5. The van der Waals surface area contributed by atoms with E-state index in [9.17, 15) is 14.0 Å². The minimum Gasteiger partial charge on any atom is -0.369 e.